The number of para-hydroxylation sites is 1. The third-order valence-electron chi connectivity index (χ3n) is 6.11. The summed E-state index contributed by atoms with van der Waals surface area (Å²) in [5.74, 6) is -2.09. The van der Waals surface area contributed by atoms with Crippen LogP contribution in [0.5, 0.6) is 0 Å². The second-order valence-electron chi connectivity index (χ2n) is 10.3. The van der Waals surface area contributed by atoms with E-state index in [1.807, 2.05) is 36.4 Å². The van der Waals surface area contributed by atoms with Crippen molar-refractivity contribution in [3.8, 4) is 5.69 Å². The van der Waals surface area contributed by atoms with Gasteiger partial charge in [-0.1, -0.05) is 45.9 Å². The van der Waals surface area contributed by atoms with Crippen LogP contribution in [0.1, 0.15) is 38.2 Å². The second kappa shape index (κ2) is 11.6. The zero-order valence-corrected chi connectivity index (χ0v) is 22.3. The summed E-state index contributed by atoms with van der Waals surface area (Å²) in [6.45, 7) is 9.84. The van der Waals surface area contributed by atoms with Crippen LogP contribution < -0.4 is 15.5 Å². The summed E-state index contributed by atoms with van der Waals surface area (Å²) in [6.07, 6.45) is 0. The van der Waals surface area contributed by atoms with Gasteiger partial charge in [0.1, 0.15) is 17.3 Å². The maximum atomic E-state index is 14.2. The quantitative estimate of drug-likeness (QED) is 0.209. The number of aromatic carboxylic acids is 1. The number of nitrogens with one attached hydrogen (secondary N) is 2. The minimum absolute atomic E-state index is 0.0777. The first-order valence-electron chi connectivity index (χ1n) is 12.8. The minimum Gasteiger partial charge on any atom is -0.477 e. The molecular weight excluding hydrogens is 502 g/mol. The van der Waals surface area contributed by atoms with E-state index in [-0.39, 0.29) is 11.4 Å². The van der Waals surface area contributed by atoms with Gasteiger partial charge in [-0.3, -0.25) is 0 Å². The Labute approximate surface area is 226 Å². The fraction of sp³-hybridized carbons (Fsp3) is 0.267. The normalized spacial score (nSPS) is 11.3. The van der Waals surface area contributed by atoms with Crippen LogP contribution in [0.25, 0.3) is 16.6 Å². The number of carboxylic acid groups (broad SMARTS) is 1. The highest BCUT2D eigenvalue weighted by atomic mass is 19.1. The van der Waals surface area contributed by atoms with Crippen LogP contribution in [0.15, 0.2) is 66.7 Å². The van der Waals surface area contributed by atoms with Crippen LogP contribution in [-0.2, 0) is 0 Å². The minimum atomic E-state index is -1.09. The largest absolute Gasteiger partial charge is 0.477 e. The van der Waals surface area contributed by atoms with Crippen LogP contribution >= 0.6 is 0 Å². The molecule has 7 nitrogen and oxygen atoms in total. The number of halogens is 2. The SMILES string of the molecule is CC(C)CN(CC(C)C)c1ccc(-n2c(C(=O)O)cc3ccccc32)cc1NC(=O)Nc1ccc(F)cc1F. The van der Waals surface area contributed by atoms with E-state index < -0.39 is 23.6 Å². The predicted molar refractivity (Wildman–Crippen MR) is 151 cm³/mol. The molecule has 39 heavy (non-hydrogen) atoms. The molecule has 4 rings (SSSR count). The molecule has 0 saturated carbocycles. The zero-order chi connectivity index (χ0) is 28.3. The number of fused-ring (bicyclic) bond motifs is 1. The molecule has 9 heteroatoms. The molecule has 1 heterocycles. The standard InChI is InChI=1S/C30H32F2N4O3/c1-18(2)16-35(17-19(3)4)27-12-10-22(36-26-8-6-5-7-20(26)13-28(36)29(37)38)15-25(27)34-30(39)33-24-11-9-21(31)14-23(24)32/h5-15,18-19H,16-17H2,1-4H3,(H,37,38)(H2,33,34,39). The molecule has 3 aromatic carbocycles. The Morgan fingerprint density at radius 1 is 0.872 bits per heavy atom. The summed E-state index contributed by atoms with van der Waals surface area (Å²) < 4.78 is 29.2. The van der Waals surface area contributed by atoms with Gasteiger partial charge in [-0.2, -0.15) is 0 Å². The van der Waals surface area contributed by atoms with E-state index in [9.17, 15) is 23.5 Å². The van der Waals surface area contributed by atoms with Crippen molar-refractivity contribution in [2.24, 2.45) is 11.8 Å². The Morgan fingerprint density at radius 2 is 1.54 bits per heavy atom. The first-order valence-corrected chi connectivity index (χ1v) is 12.8. The molecule has 0 bridgehead atoms. The number of rotatable bonds is 9. The molecule has 0 fully saturated rings. The molecule has 0 radical (unpaired) electrons. The monoisotopic (exact) mass is 534 g/mol. The molecule has 4 aromatic rings. The Morgan fingerprint density at radius 3 is 2.18 bits per heavy atom. The number of nitrogens with zero attached hydrogens (tertiary/aromatic N) is 2. The fourth-order valence-electron chi connectivity index (χ4n) is 4.65. The Hall–Kier alpha value is -4.40. The van der Waals surface area contributed by atoms with Crippen molar-refractivity contribution in [1.29, 1.82) is 0 Å². The van der Waals surface area contributed by atoms with Gasteiger partial charge >= 0.3 is 12.0 Å². The third kappa shape index (κ3) is 6.37. The maximum Gasteiger partial charge on any atom is 0.352 e. The number of anilines is 3. The molecule has 3 N–H and O–H groups in total. The van der Waals surface area contributed by atoms with Gasteiger partial charge in [-0.25, -0.2) is 18.4 Å². The summed E-state index contributed by atoms with van der Waals surface area (Å²) in [5.41, 5.74) is 2.31. The molecule has 0 atom stereocenters. The van der Waals surface area contributed by atoms with Crippen LogP contribution in [0, 0.1) is 23.5 Å². The number of hydrogen-bond donors (Lipinski definition) is 3. The molecule has 0 saturated heterocycles. The van der Waals surface area contributed by atoms with Crippen LogP contribution in [0.3, 0.4) is 0 Å². The van der Waals surface area contributed by atoms with Crippen molar-refractivity contribution >= 4 is 40.0 Å². The van der Waals surface area contributed by atoms with Crippen molar-refractivity contribution in [2.75, 3.05) is 28.6 Å². The molecule has 2 amide bonds. The highest BCUT2D eigenvalue weighted by Crippen LogP contribution is 2.33. The average Bonchev–Trinajstić information content (AvgIpc) is 3.25. The maximum absolute atomic E-state index is 14.2. The number of hydrogen-bond acceptors (Lipinski definition) is 3. The Kier molecular flexibility index (Phi) is 8.18. The van der Waals surface area contributed by atoms with Gasteiger partial charge in [0.2, 0.25) is 0 Å². The molecule has 0 spiro atoms. The molecule has 0 aliphatic rings. The summed E-state index contributed by atoms with van der Waals surface area (Å²) >= 11 is 0. The van der Waals surface area contributed by atoms with E-state index in [4.69, 9.17) is 0 Å². The van der Waals surface area contributed by atoms with Crippen LogP contribution in [0.4, 0.5) is 30.6 Å². The molecule has 1 aromatic heterocycles. The summed E-state index contributed by atoms with van der Waals surface area (Å²) in [4.78, 5) is 27.3. The molecular formula is C30H32F2N4O3. The molecule has 204 valence electrons. The molecule has 0 aliphatic carbocycles. The van der Waals surface area contributed by atoms with Crippen molar-refractivity contribution < 1.29 is 23.5 Å². The van der Waals surface area contributed by atoms with Crippen molar-refractivity contribution in [3.63, 3.8) is 0 Å². The zero-order valence-electron chi connectivity index (χ0n) is 22.3. The summed E-state index contributed by atoms with van der Waals surface area (Å²) in [6, 6.07) is 16.5. The first-order chi connectivity index (χ1) is 18.5. The number of amides is 2. The number of aromatic nitrogens is 1. The number of carbonyl (C=O) groups is 2. The smallest absolute Gasteiger partial charge is 0.352 e. The van der Waals surface area contributed by atoms with Crippen LogP contribution in [-0.4, -0.2) is 34.8 Å². The Bertz CT molecular complexity index is 1500. The number of urea groups is 1. The van der Waals surface area contributed by atoms with Gasteiger partial charge in [-0.05, 0) is 54.3 Å². The second-order valence-corrected chi connectivity index (χ2v) is 10.3. The van der Waals surface area contributed by atoms with Gasteiger partial charge in [0.05, 0.1) is 22.6 Å². The van der Waals surface area contributed by atoms with E-state index in [0.29, 0.717) is 47.9 Å². The molecule has 0 aliphatic heterocycles. The lowest BCUT2D eigenvalue weighted by Crippen LogP contribution is -2.32. The Balaban J connectivity index is 1.81. The van der Waals surface area contributed by atoms with Crippen molar-refractivity contribution in [2.45, 2.75) is 27.7 Å². The summed E-state index contributed by atoms with van der Waals surface area (Å²) in [5, 5.41) is 15.9. The lowest BCUT2D eigenvalue weighted by atomic mass is 10.1. The van der Waals surface area contributed by atoms with Crippen LogP contribution in [0.2, 0.25) is 0 Å². The average molecular weight is 535 g/mol. The van der Waals surface area contributed by atoms with Gasteiger partial charge in [0.15, 0.2) is 0 Å². The number of benzene rings is 3. The lowest BCUT2D eigenvalue weighted by molar-refractivity contribution is 0.0688. The van der Waals surface area contributed by atoms with Gasteiger partial charge in [-0.15, -0.1) is 0 Å². The number of carboxylic acids is 1. The van der Waals surface area contributed by atoms with E-state index >= 15 is 0 Å². The van der Waals surface area contributed by atoms with Gasteiger partial charge in [0, 0.05) is 30.2 Å². The highest BCUT2D eigenvalue weighted by Gasteiger charge is 2.21. The molecule has 0 unspecified atom stereocenters. The van der Waals surface area contributed by atoms with Gasteiger partial charge in [0.25, 0.3) is 0 Å². The fourth-order valence-corrected chi connectivity index (χ4v) is 4.65. The van der Waals surface area contributed by atoms with Crippen molar-refractivity contribution in [3.05, 3.63) is 84.1 Å². The van der Waals surface area contributed by atoms with E-state index in [1.165, 1.54) is 0 Å². The lowest BCUT2D eigenvalue weighted by Gasteiger charge is -2.31. The van der Waals surface area contributed by atoms with Gasteiger partial charge < -0.3 is 25.2 Å². The topological polar surface area (TPSA) is 86.6 Å². The predicted octanol–water partition coefficient (Wildman–Crippen LogP) is 7.37. The highest BCUT2D eigenvalue weighted by molar-refractivity contribution is 6.02. The summed E-state index contributed by atoms with van der Waals surface area (Å²) in [7, 11) is 0. The number of carbonyl (C=O) groups excluding carboxylic acids is 1. The van der Waals surface area contributed by atoms with Crippen molar-refractivity contribution in [1.82, 2.24) is 4.57 Å². The third-order valence-corrected chi connectivity index (χ3v) is 6.11. The van der Waals surface area contributed by atoms with E-state index in [2.05, 4.69) is 43.2 Å². The first kappa shape index (κ1) is 27.6. The van der Waals surface area contributed by atoms with E-state index in [0.717, 1.165) is 23.2 Å². The van der Waals surface area contributed by atoms with E-state index in [1.54, 1.807) is 16.7 Å².